The van der Waals surface area contributed by atoms with Crippen molar-refractivity contribution in [3.05, 3.63) is 0 Å². The average Bonchev–Trinajstić information content (AvgIpc) is 1.65. The van der Waals surface area contributed by atoms with Crippen LogP contribution in [0.2, 0.25) is 0 Å². The molecule has 2 nitrogen and oxygen atoms in total. The van der Waals surface area contributed by atoms with Crippen LogP contribution in [0, 0.1) is 0 Å². The molecule has 0 aromatic rings. The van der Waals surface area contributed by atoms with Crippen LogP contribution in [-0.4, -0.2) is 18.3 Å². The predicted octanol–water partition coefficient (Wildman–Crippen LogP) is 0.478. The van der Waals surface area contributed by atoms with Crippen LogP contribution >= 0.6 is 12.6 Å². The van der Waals surface area contributed by atoms with Gasteiger partial charge in [0, 0.05) is 0 Å². The third kappa shape index (κ3) is 2.51. The molecule has 0 aliphatic heterocycles. The van der Waals surface area contributed by atoms with Crippen LogP contribution < -0.4 is 0 Å². The molecule has 0 radical (unpaired) electrons. The normalized spacial score (nSPS) is 13.0. The molecule has 7 heavy (non-hydrogen) atoms. The highest BCUT2D eigenvalue weighted by Gasteiger charge is 2.04. The summed E-state index contributed by atoms with van der Waals surface area (Å²) in [5.41, 5.74) is 0. The molecule has 0 saturated carbocycles. The third-order valence-electron chi connectivity index (χ3n) is 0.542. The Morgan fingerprint density at radius 2 is 2.29 bits per heavy atom. The average molecular weight is 120 g/mol. The van der Waals surface area contributed by atoms with E-state index in [0.29, 0.717) is 0 Å². The third-order valence-corrected chi connectivity index (χ3v) is 0.753. The summed E-state index contributed by atoms with van der Waals surface area (Å²) in [6.45, 7) is 1.66. The van der Waals surface area contributed by atoms with E-state index in [2.05, 4.69) is 17.4 Å². The summed E-state index contributed by atoms with van der Waals surface area (Å²) in [7, 11) is 1.34. The van der Waals surface area contributed by atoms with Gasteiger partial charge in [0.1, 0.15) is 0 Å². The standard InChI is InChI=1S/C4H8O2S/c1-3(7)4(5)6-2/h3,7H,1-2H3/t3-/m0/s1. The highest BCUT2D eigenvalue weighted by molar-refractivity contribution is 7.81. The van der Waals surface area contributed by atoms with Crippen molar-refractivity contribution >= 4 is 18.6 Å². The van der Waals surface area contributed by atoms with E-state index in [4.69, 9.17) is 0 Å². The first-order chi connectivity index (χ1) is 3.18. The summed E-state index contributed by atoms with van der Waals surface area (Å²) in [4.78, 5) is 10.2. The highest BCUT2D eigenvalue weighted by atomic mass is 32.1. The Morgan fingerprint density at radius 3 is 2.29 bits per heavy atom. The SMILES string of the molecule is COC(=O)[C@H](C)S. The quantitative estimate of drug-likeness (QED) is 0.402. The molecular weight excluding hydrogens is 112 g/mol. The van der Waals surface area contributed by atoms with E-state index in [1.165, 1.54) is 7.11 Å². The first kappa shape index (κ1) is 6.82. The van der Waals surface area contributed by atoms with Crippen molar-refractivity contribution in [1.29, 1.82) is 0 Å². The van der Waals surface area contributed by atoms with Crippen molar-refractivity contribution in [2.75, 3.05) is 7.11 Å². The maximum atomic E-state index is 10.2. The molecule has 3 heteroatoms. The van der Waals surface area contributed by atoms with Gasteiger partial charge in [-0.3, -0.25) is 4.79 Å². The van der Waals surface area contributed by atoms with Crippen molar-refractivity contribution < 1.29 is 9.53 Å². The molecule has 0 aliphatic rings. The van der Waals surface area contributed by atoms with Gasteiger partial charge in [-0.15, -0.1) is 0 Å². The molecule has 0 aromatic carbocycles. The Hall–Kier alpha value is -0.180. The number of hydrogen-bond acceptors (Lipinski definition) is 3. The van der Waals surface area contributed by atoms with Crippen LogP contribution in [0.1, 0.15) is 6.92 Å². The molecule has 0 fully saturated rings. The van der Waals surface area contributed by atoms with Crippen LogP contribution in [0.5, 0.6) is 0 Å². The highest BCUT2D eigenvalue weighted by Crippen LogP contribution is 1.92. The van der Waals surface area contributed by atoms with Gasteiger partial charge in [-0.25, -0.2) is 0 Å². The molecule has 0 saturated heterocycles. The minimum Gasteiger partial charge on any atom is -0.468 e. The molecule has 1 atom stereocenters. The van der Waals surface area contributed by atoms with Gasteiger partial charge >= 0.3 is 5.97 Å². The number of carbonyl (C=O) groups excluding carboxylic acids is 1. The zero-order valence-corrected chi connectivity index (χ0v) is 5.24. The van der Waals surface area contributed by atoms with E-state index in [1.807, 2.05) is 0 Å². The van der Waals surface area contributed by atoms with Crippen LogP contribution in [0.25, 0.3) is 0 Å². The van der Waals surface area contributed by atoms with Gasteiger partial charge in [-0.2, -0.15) is 12.6 Å². The largest absolute Gasteiger partial charge is 0.468 e. The second-order valence-electron chi connectivity index (χ2n) is 1.20. The van der Waals surface area contributed by atoms with Crippen molar-refractivity contribution in [1.82, 2.24) is 0 Å². The van der Waals surface area contributed by atoms with Crippen LogP contribution in [0.3, 0.4) is 0 Å². The summed E-state index contributed by atoms with van der Waals surface area (Å²) in [5.74, 6) is -0.289. The van der Waals surface area contributed by atoms with E-state index in [1.54, 1.807) is 6.92 Å². The molecule has 42 valence electrons. The molecule has 0 aromatic heterocycles. The maximum Gasteiger partial charge on any atom is 0.318 e. The summed E-state index contributed by atoms with van der Waals surface area (Å²) in [6.07, 6.45) is 0. The summed E-state index contributed by atoms with van der Waals surface area (Å²) >= 11 is 3.80. The lowest BCUT2D eigenvalue weighted by Gasteiger charge is -1.97. The van der Waals surface area contributed by atoms with Gasteiger partial charge in [0.05, 0.1) is 12.4 Å². The van der Waals surface area contributed by atoms with Gasteiger partial charge in [0.2, 0.25) is 0 Å². The van der Waals surface area contributed by atoms with Crippen molar-refractivity contribution in [3.63, 3.8) is 0 Å². The lowest BCUT2D eigenvalue weighted by atomic mass is 10.5. The minimum absolute atomic E-state index is 0.289. The first-order valence-corrected chi connectivity index (χ1v) is 2.46. The Kier molecular flexibility index (Phi) is 2.83. The van der Waals surface area contributed by atoms with Crippen molar-refractivity contribution in [2.45, 2.75) is 12.2 Å². The zero-order chi connectivity index (χ0) is 5.86. The maximum absolute atomic E-state index is 10.2. The fraction of sp³-hybridized carbons (Fsp3) is 0.750. The summed E-state index contributed by atoms with van der Waals surface area (Å²) in [6, 6.07) is 0. The molecule has 0 amide bonds. The number of esters is 1. The molecule has 0 bridgehead atoms. The fourth-order valence-corrected chi connectivity index (χ4v) is 0.276. The van der Waals surface area contributed by atoms with E-state index in [0.717, 1.165) is 0 Å². The number of thiol groups is 1. The molecular formula is C4H8O2S. The summed E-state index contributed by atoms with van der Waals surface area (Å²) < 4.78 is 4.30. The van der Waals surface area contributed by atoms with Gasteiger partial charge in [0.15, 0.2) is 0 Å². The number of ether oxygens (including phenoxy) is 1. The van der Waals surface area contributed by atoms with Gasteiger partial charge in [-0.05, 0) is 6.92 Å². The van der Waals surface area contributed by atoms with Gasteiger partial charge in [-0.1, -0.05) is 0 Å². The molecule has 0 N–H and O–H groups in total. The monoisotopic (exact) mass is 120 g/mol. The van der Waals surface area contributed by atoms with Crippen LogP contribution in [0.4, 0.5) is 0 Å². The lowest BCUT2D eigenvalue weighted by molar-refractivity contribution is -0.139. The Bertz CT molecular complexity index is 70.1. The predicted molar refractivity (Wildman–Crippen MR) is 30.5 cm³/mol. The Morgan fingerprint density at radius 1 is 1.86 bits per heavy atom. The molecule has 0 heterocycles. The fourth-order valence-electron chi connectivity index (χ4n) is 0.171. The zero-order valence-electron chi connectivity index (χ0n) is 4.34. The van der Waals surface area contributed by atoms with Crippen molar-refractivity contribution in [2.24, 2.45) is 0 Å². The Labute approximate surface area is 48.3 Å². The van der Waals surface area contributed by atoms with E-state index < -0.39 is 0 Å². The van der Waals surface area contributed by atoms with E-state index in [-0.39, 0.29) is 11.2 Å². The smallest absolute Gasteiger partial charge is 0.318 e. The first-order valence-electron chi connectivity index (χ1n) is 1.94. The molecule has 0 unspecified atom stereocenters. The second-order valence-corrected chi connectivity index (χ2v) is 1.97. The molecule has 0 spiro atoms. The molecule has 0 aliphatic carbocycles. The van der Waals surface area contributed by atoms with Gasteiger partial charge < -0.3 is 4.74 Å². The van der Waals surface area contributed by atoms with E-state index >= 15 is 0 Å². The van der Waals surface area contributed by atoms with Gasteiger partial charge in [0.25, 0.3) is 0 Å². The number of carbonyl (C=O) groups is 1. The Balaban J connectivity index is 3.35. The number of rotatable bonds is 1. The van der Waals surface area contributed by atoms with E-state index in [9.17, 15) is 4.79 Å². The number of hydrogen-bond donors (Lipinski definition) is 1. The lowest BCUT2D eigenvalue weighted by Crippen LogP contribution is -2.11. The number of methoxy groups -OCH3 is 1. The van der Waals surface area contributed by atoms with Crippen molar-refractivity contribution in [3.8, 4) is 0 Å². The summed E-state index contributed by atoms with van der Waals surface area (Å²) in [5, 5.41) is -0.301. The van der Waals surface area contributed by atoms with Crippen LogP contribution in [-0.2, 0) is 9.53 Å². The topological polar surface area (TPSA) is 26.3 Å². The van der Waals surface area contributed by atoms with Crippen LogP contribution in [0.15, 0.2) is 0 Å². The molecule has 0 rings (SSSR count). The second kappa shape index (κ2) is 2.91. The minimum atomic E-state index is -0.301.